The maximum absolute atomic E-state index is 13.0. The fourth-order valence-corrected chi connectivity index (χ4v) is 5.32. The molecule has 1 aliphatic carbocycles. The van der Waals surface area contributed by atoms with Crippen LogP contribution in [-0.2, 0) is 0 Å². The zero-order valence-electron chi connectivity index (χ0n) is 18.6. The lowest BCUT2D eigenvalue weighted by molar-refractivity contribution is 0.0891. The van der Waals surface area contributed by atoms with Crippen LogP contribution in [0.3, 0.4) is 0 Å². The molecule has 33 heavy (non-hydrogen) atoms. The van der Waals surface area contributed by atoms with Gasteiger partial charge in [0.1, 0.15) is 16.5 Å². The number of H-pyrrole nitrogens is 1. The molecule has 1 fully saturated rings. The molecule has 5 aromatic rings. The summed E-state index contributed by atoms with van der Waals surface area (Å²) in [6, 6.07) is 11.9. The van der Waals surface area contributed by atoms with Crippen molar-refractivity contribution in [1.29, 1.82) is 0 Å². The number of thiazole rings is 1. The first-order valence-corrected chi connectivity index (χ1v) is 11.8. The summed E-state index contributed by atoms with van der Waals surface area (Å²) in [6.07, 6.45) is 3.86. The maximum Gasteiger partial charge on any atom is 0.234 e. The minimum absolute atomic E-state index is 0.121. The first-order chi connectivity index (χ1) is 16.1. The topological polar surface area (TPSA) is 69.1 Å². The molecule has 3 heterocycles. The molecule has 6 nitrogen and oxygen atoms in total. The molecule has 1 aliphatic rings. The zero-order valence-corrected chi connectivity index (χ0v) is 19.5. The van der Waals surface area contributed by atoms with Crippen LogP contribution in [0.25, 0.3) is 43.6 Å². The molecule has 2 aromatic carbocycles. The highest BCUT2D eigenvalue weighted by atomic mass is 32.1. The Bertz CT molecular complexity index is 1540. The van der Waals surface area contributed by atoms with Crippen molar-refractivity contribution in [3.63, 3.8) is 0 Å². The van der Waals surface area contributed by atoms with Crippen molar-refractivity contribution >= 4 is 39.0 Å². The number of carbonyl (C=O) groups excluding carboxylic acids is 1. The second-order valence-electron chi connectivity index (χ2n) is 8.48. The molecule has 0 saturated heterocycles. The van der Waals surface area contributed by atoms with Crippen LogP contribution in [0.15, 0.2) is 48.0 Å². The number of aromatic amines is 1. The van der Waals surface area contributed by atoms with Crippen LogP contribution in [0.1, 0.15) is 23.3 Å². The third kappa shape index (κ3) is 3.23. The Labute approximate surface area is 194 Å². The van der Waals surface area contributed by atoms with Crippen LogP contribution >= 0.6 is 11.3 Å². The lowest BCUT2D eigenvalue weighted by atomic mass is 10.1. The van der Waals surface area contributed by atoms with E-state index in [0.717, 1.165) is 73.7 Å². The molecule has 0 radical (unpaired) electrons. The molecule has 1 N–H and O–H groups in total. The smallest absolute Gasteiger partial charge is 0.234 e. The summed E-state index contributed by atoms with van der Waals surface area (Å²) in [7, 11) is 3.32. The Kier molecular flexibility index (Phi) is 4.55. The van der Waals surface area contributed by atoms with Crippen LogP contribution < -0.4 is 9.47 Å². The molecular weight excluding hydrogens is 434 g/mol. The number of nitrogens with zero attached hydrogens (tertiary/aromatic N) is 2. The normalized spacial score (nSPS) is 13.7. The third-order valence-corrected chi connectivity index (χ3v) is 7.24. The van der Waals surface area contributed by atoms with Gasteiger partial charge < -0.3 is 14.5 Å². The number of aryl methyl sites for hydroxylation is 1. The van der Waals surface area contributed by atoms with E-state index in [4.69, 9.17) is 14.5 Å². The molecule has 0 amide bonds. The van der Waals surface area contributed by atoms with Gasteiger partial charge in [-0.3, -0.25) is 9.36 Å². The molecule has 0 atom stereocenters. The van der Waals surface area contributed by atoms with Crippen LogP contribution in [0.2, 0.25) is 0 Å². The number of ether oxygens (including phenoxy) is 2. The summed E-state index contributed by atoms with van der Waals surface area (Å²) in [6.45, 7) is 2.06. The van der Waals surface area contributed by atoms with Gasteiger partial charge in [-0.15, -0.1) is 11.3 Å². The van der Waals surface area contributed by atoms with E-state index in [9.17, 15) is 4.79 Å². The van der Waals surface area contributed by atoms with Crippen molar-refractivity contribution in [2.24, 2.45) is 5.92 Å². The highest BCUT2D eigenvalue weighted by molar-refractivity contribution is 7.13. The first-order valence-electron chi connectivity index (χ1n) is 10.9. The molecule has 1 saturated carbocycles. The summed E-state index contributed by atoms with van der Waals surface area (Å²) in [5.41, 5.74) is 5.93. The summed E-state index contributed by atoms with van der Waals surface area (Å²) in [5.74, 6) is 1.82. The highest BCUT2D eigenvalue weighted by Crippen LogP contribution is 2.40. The lowest BCUT2D eigenvalue weighted by Gasteiger charge is -2.04. The number of carbonyl (C=O) groups is 1. The second kappa shape index (κ2) is 7.49. The van der Waals surface area contributed by atoms with Crippen LogP contribution in [-0.4, -0.2) is 34.7 Å². The molecule has 0 unspecified atom stereocenters. The van der Waals surface area contributed by atoms with Gasteiger partial charge in [0.15, 0.2) is 0 Å². The van der Waals surface area contributed by atoms with Crippen molar-refractivity contribution in [2.45, 2.75) is 19.8 Å². The van der Waals surface area contributed by atoms with Crippen LogP contribution in [0.4, 0.5) is 0 Å². The SMILES string of the molecule is COc1ccc2[nH]c(C)c(-c3csc(-c4cn(C(=O)C5CC5)c5cc(OC)ccc45)n3)c2c1. The summed E-state index contributed by atoms with van der Waals surface area (Å²) < 4.78 is 12.6. The van der Waals surface area contributed by atoms with Gasteiger partial charge in [0.25, 0.3) is 0 Å². The van der Waals surface area contributed by atoms with Crippen LogP contribution in [0, 0.1) is 12.8 Å². The number of benzene rings is 2. The van der Waals surface area contributed by atoms with Crippen molar-refractivity contribution < 1.29 is 14.3 Å². The van der Waals surface area contributed by atoms with Gasteiger partial charge >= 0.3 is 0 Å². The van der Waals surface area contributed by atoms with E-state index in [1.165, 1.54) is 0 Å². The van der Waals surface area contributed by atoms with Crippen molar-refractivity contribution in [3.8, 4) is 33.3 Å². The summed E-state index contributed by atoms with van der Waals surface area (Å²) in [5, 5.41) is 5.06. The number of fused-ring (bicyclic) bond motifs is 2. The Morgan fingerprint density at radius 1 is 1.09 bits per heavy atom. The fraction of sp³-hybridized carbons (Fsp3) is 0.231. The van der Waals surface area contributed by atoms with Gasteiger partial charge in [0, 0.05) is 56.7 Å². The highest BCUT2D eigenvalue weighted by Gasteiger charge is 2.32. The average Bonchev–Trinajstić information content (AvgIpc) is 3.32. The monoisotopic (exact) mass is 457 g/mol. The third-order valence-electron chi connectivity index (χ3n) is 6.36. The Morgan fingerprint density at radius 3 is 2.61 bits per heavy atom. The number of nitrogens with one attached hydrogen (secondary N) is 1. The molecule has 3 aromatic heterocycles. The van der Waals surface area contributed by atoms with Gasteiger partial charge in [0.05, 0.1) is 25.4 Å². The predicted octanol–water partition coefficient (Wildman–Crippen LogP) is 6.29. The van der Waals surface area contributed by atoms with E-state index in [2.05, 4.69) is 17.3 Å². The van der Waals surface area contributed by atoms with E-state index < -0.39 is 0 Å². The van der Waals surface area contributed by atoms with Gasteiger partial charge in [-0.05, 0) is 50.1 Å². The van der Waals surface area contributed by atoms with Crippen molar-refractivity contribution in [1.82, 2.24) is 14.5 Å². The maximum atomic E-state index is 13.0. The molecule has 0 bridgehead atoms. The molecular formula is C26H23N3O3S. The number of hydrogen-bond acceptors (Lipinski definition) is 5. The second-order valence-corrected chi connectivity index (χ2v) is 9.34. The minimum Gasteiger partial charge on any atom is -0.497 e. The Balaban J connectivity index is 1.50. The fourth-order valence-electron chi connectivity index (χ4n) is 4.49. The number of hydrogen-bond donors (Lipinski definition) is 1. The van der Waals surface area contributed by atoms with Gasteiger partial charge in [-0.25, -0.2) is 4.98 Å². The van der Waals surface area contributed by atoms with Gasteiger partial charge in [0.2, 0.25) is 5.91 Å². The molecule has 166 valence electrons. The molecule has 7 heteroatoms. The van der Waals surface area contributed by atoms with E-state index in [1.54, 1.807) is 30.1 Å². The van der Waals surface area contributed by atoms with E-state index in [1.807, 2.05) is 42.6 Å². The zero-order chi connectivity index (χ0) is 22.7. The molecule has 0 aliphatic heterocycles. The van der Waals surface area contributed by atoms with Gasteiger partial charge in [-0.2, -0.15) is 0 Å². The van der Waals surface area contributed by atoms with E-state index >= 15 is 0 Å². The number of methoxy groups -OCH3 is 2. The van der Waals surface area contributed by atoms with Crippen LogP contribution in [0.5, 0.6) is 11.5 Å². The minimum atomic E-state index is 0.121. The quantitative estimate of drug-likeness (QED) is 0.337. The standard InChI is InChI=1S/C26H23N3O3S/c1-14-24(19-10-16(31-2)7-9-21(19)27-14)22-13-33-25(28-22)20-12-29(26(30)15-4-5-15)23-11-17(32-3)6-8-18(20)23/h6-13,15,27H,4-5H2,1-3H3. The van der Waals surface area contributed by atoms with E-state index in [-0.39, 0.29) is 11.8 Å². The Hall–Kier alpha value is -3.58. The molecule has 6 rings (SSSR count). The number of aromatic nitrogens is 3. The van der Waals surface area contributed by atoms with Crippen molar-refractivity contribution in [3.05, 3.63) is 53.7 Å². The molecule has 0 spiro atoms. The predicted molar refractivity (Wildman–Crippen MR) is 132 cm³/mol. The summed E-state index contributed by atoms with van der Waals surface area (Å²) in [4.78, 5) is 21.5. The lowest BCUT2D eigenvalue weighted by Crippen LogP contribution is -2.10. The summed E-state index contributed by atoms with van der Waals surface area (Å²) >= 11 is 1.59. The van der Waals surface area contributed by atoms with Crippen molar-refractivity contribution in [2.75, 3.05) is 14.2 Å². The average molecular weight is 458 g/mol. The first kappa shape index (κ1) is 20.1. The van der Waals surface area contributed by atoms with Gasteiger partial charge in [-0.1, -0.05) is 0 Å². The largest absolute Gasteiger partial charge is 0.497 e. The Morgan fingerprint density at radius 2 is 1.85 bits per heavy atom. The number of rotatable bonds is 5. The van der Waals surface area contributed by atoms with E-state index in [0.29, 0.717) is 0 Å².